The first-order valence-electron chi connectivity index (χ1n) is 6.76. The van der Waals surface area contributed by atoms with Crippen molar-refractivity contribution in [3.8, 4) is 0 Å². The molecule has 0 bridgehead atoms. The van der Waals surface area contributed by atoms with Crippen LogP contribution in [-0.2, 0) is 0 Å². The molecule has 0 spiro atoms. The molecule has 4 heteroatoms. The third kappa shape index (κ3) is 3.96. The van der Waals surface area contributed by atoms with Crippen LogP contribution >= 0.6 is 27.5 Å². The second-order valence-electron chi connectivity index (χ2n) is 5.25. The highest BCUT2D eigenvalue weighted by Crippen LogP contribution is 2.28. The first kappa shape index (κ1) is 14.9. The SMILES string of the molecule is Cc1ccc(C(=O)NCC2CCCCC2Cl)c(Br)c1. The molecule has 1 aliphatic rings. The quantitative estimate of drug-likeness (QED) is 0.815. The molecule has 1 aromatic rings. The van der Waals surface area contributed by atoms with Crippen LogP contribution in [0.4, 0.5) is 0 Å². The van der Waals surface area contributed by atoms with Gasteiger partial charge >= 0.3 is 0 Å². The number of amides is 1. The number of hydrogen-bond acceptors (Lipinski definition) is 1. The van der Waals surface area contributed by atoms with Gasteiger partial charge in [0.05, 0.1) is 5.56 Å². The zero-order valence-electron chi connectivity index (χ0n) is 11.1. The predicted octanol–water partition coefficient (Wildman–Crippen LogP) is 4.28. The van der Waals surface area contributed by atoms with Gasteiger partial charge in [-0.3, -0.25) is 4.79 Å². The highest BCUT2D eigenvalue weighted by Gasteiger charge is 2.23. The molecule has 104 valence electrons. The number of nitrogens with one attached hydrogen (secondary N) is 1. The third-order valence-corrected chi connectivity index (χ3v) is 4.94. The van der Waals surface area contributed by atoms with Gasteiger partial charge in [-0.1, -0.05) is 18.9 Å². The Kier molecular flexibility index (Phi) is 5.28. The zero-order chi connectivity index (χ0) is 13.8. The van der Waals surface area contributed by atoms with Crippen molar-refractivity contribution in [3.05, 3.63) is 33.8 Å². The van der Waals surface area contributed by atoms with E-state index in [-0.39, 0.29) is 11.3 Å². The molecule has 0 heterocycles. The van der Waals surface area contributed by atoms with Crippen molar-refractivity contribution < 1.29 is 4.79 Å². The fourth-order valence-corrected chi connectivity index (χ4v) is 3.56. The molecule has 2 rings (SSSR count). The van der Waals surface area contributed by atoms with Crippen LogP contribution in [0, 0.1) is 12.8 Å². The fraction of sp³-hybridized carbons (Fsp3) is 0.533. The minimum atomic E-state index is -0.0266. The molecule has 2 nitrogen and oxygen atoms in total. The summed E-state index contributed by atoms with van der Waals surface area (Å²) in [5.41, 5.74) is 1.82. The topological polar surface area (TPSA) is 29.1 Å². The van der Waals surface area contributed by atoms with E-state index in [1.807, 2.05) is 25.1 Å². The fourth-order valence-electron chi connectivity index (χ4n) is 2.52. The van der Waals surface area contributed by atoms with Crippen molar-refractivity contribution >= 4 is 33.4 Å². The number of hydrogen-bond donors (Lipinski definition) is 1. The maximum Gasteiger partial charge on any atom is 0.252 e. The number of carbonyl (C=O) groups excluding carboxylic acids is 1. The molecule has 1 saturated carbocycles. The largest absolute Gasteiger partial charge is 0.352 e. The van der Waals surface area contributed by atoms with Crippen LogP contribution in [0.25, 0.3) is 0 Å². The lowest BCUT2D eigenvalue weighted by Crippen LogP contribution is -2.34. The van der Waals surface area contributed by atoms with Gasteiger partial charge < -0.3 is 5.32 Å². The normalized spacial score (nSPS) is 23.1. The van der Waals surface area contributed by atoms with Crippen LogP contribution in [0.1, 0.15) is 41.6 Å². The van der Waals surface area contributed by atoms with E-state index in [0.29, 0.717) is 18.0 Å². The average molecular weight is 345 g/mol. The summed E-state index contributed by atoms with van der Waals surface area (Å²) in [7, 11) is 0. The van der Waals surface area contributed by atoms with Crippen LogP contribution in [0.15, 0.2) is 22.7 Å². The molecule has 1 amide bonds. The summed E-state index contributed by atoms with van der Waals surface area (Å²) in [6.45, 7) is 2.68. The summed E-state index contributed by atoms with van der Waals surface area (Å²) in [5.74, 6) is 0.380. The summed E-state index contributed by atoms with van der Waals surface area (Å²) < 4.78 is 0.844. The van der Waals surface area contributed by atoms with Gasteiger partial charge in [-0.2, -0.15) is 0 Å². The number of rotatable bonds is 3. The van der Waals surface area contributed by atoms with E-state index in [2.05, 4.69) is 21.2 Å². The van der Waals surface area contributed by atoms with Gasteiger partial charge in [-0.15, -0.1) is 11.6 Å². The number of carbonyl (C=O) groups is 1. The molecule has 1 N–H and O–H groups in total. The van der Waals surface area contributed by atoms with Gasteiger partial charge in [-0.05, 0) is 59.3 Å². The van der Waals surface area contributed by atoms with Crippen LogP contribution < -0.4 is 5.32 Å². The van der Waals surface area contributed by atoms with Gasteiger partial charge in [0.1, 0.15) is 0 Å². The third-order valence-electron chi connectivity index (χ3n) is 3.71. The Bertz CT molecular complexity index is 463. The second kappa shape index (κ2) is 6.76. The molecule has 2 unspecified atom stereocenters. The number of alkyl halides is 1. The highest BCUT2D eigenvalue weighted by molar-refractivity contribution is 9.10. The molecule has 0 saturated heterocycles. The van der Waals surface area contributed by atoms with Crippen LogP contribution in [-0.4, -0.2) is 17.8 Å². The lowest BCUT2D eigenvalue weighted by atomic mass is 9.88. The molecule has 1 fully saturated rings. The smallest absolute Gasteiger partial charge is 0.252 e. The minimum absolute atomic E-state index is 0.0266. The lowest BCUT2D eigenvalue weighted by molar-refractivity contribution is 0.0943. The number of halogens is 2. The first-order chi connectivity index (χ1) is 9.08. The predicted molar refractivity (Wildman–Crippen MR) is 82.8 cm³/mol. The van der Waals surface area contributed by atoms with Crippen molar-refractivity contribution in [1.82, 2.24) is 5.32 Å². The van der Waals surface area contributed by atoms with E-state index < -0.39 is 0 Å². The van der Waals surface area contributed by atoms with Crippen molar-refractivity contribution in [1.29, 1.82) is 0 Å². The summed E-state index contributed by atoms with van der Waals surface area (Å²) in [4.78, 5) is 12.1. The van der Waals surface area contributed by atoms with E-state index in [4.69, 9.17) is 11.6 Å². The Hall–Kier alpha value is -0.540. The molecule has 1 aromatic carbocycles. The molecule has 2 atom stereocenters. The maximum absolute atomic E-state index is 12.1. The summed E-state index contributed by atoms with van der Waals surface area (Å²) >= 11 is 9.74. The number of aryl methyl sites for hydroxylation is 1. The highest BCUT2D eigenvalue weighted by atomic mass is 79.9. The summed E-state index contributed by atoms with van der Waals surface area (Å²) in [6, 6.07) is 5.76. The van der Waals surface area contributed by atoms with Crippen molar-refractivity contribution in [3.63, 3.8) is 0 Å². The van der Waals surface area contributed by atoms with E-state index in [1.54, 1.807) is 0 Å². The monoisotopic (exact) mass is 343 g/mol. The van der Waals surface area contributed by atoms with E-state index in [9.17, 15) is 4.79 Å². The zero-order valence-corrected chi connectivity index (χ0v) is 13.4. The van der Waals surface area contributed by atoms with Gasteiger partial charge in [0.2, 0.25) is 0 Å². The Morgan fingerprint density at radius 1 is 1.42 bits per heavy atom. The minimum Gasteiger partial charge on any atom is -0.352 e. The summed E-state index contributed by atoms with van der Waals surface area (Å²) in [5, 5.41) is 3.21. The molecule has 19 heavy (non-hydrogen) atoms. The lowest BCUT2D eigenvalue weighted by Gasteiger charge is -2.27. The Balaban J connectivity index is 1.93. The van der Waals surface area contributed by atoms with Crippen molar-refractivity contribution in [2.45, 2.75) is 38.0 Å². The van der Waals surface area contributed by atoms with Gasteiger partial charge in [0, 0.05) is 16.4 Å². The van der Waals surface area contributed by atoms with Crippen LogP contribution in [0.5, 0.6) is 0 Å². The standard InChI is InChI=1S/C15H19BrClNO/c1-10-6-7-12(13(16)8-10)15(19)18-9-11-4-2-3-5-14(11)17/h6-8,11,14H,2-5,9H2,1H3,(H,18,19). The van der Waals surface area contributed by atoms with Gasteiger partial charge in [0.15, 0.2) is 0 Å². The van der Waals surface area contributed by atoms with E-state index in [1.165, 1.54) is 12.8 Å². The molecule has 1 aliphatic carbocycles. The number of benzene rings is 1. The Morgan fingerprint density at radius 2 is 2.16 bits per heavy atom. The molecule has 0 radical (unpaired) electrons. The molecule has 0 aromatic heterocycles. The maximum atomic E-state index is 12.1. The Labute approximate surface area is 128 Å². The summed E-state index contributed by atoms with van der Waals surface area (Å²) in [6.07, 6.45) is 4.61. The van der Waals surface area contributed by atoms with Crippen LogP contribution in [0.2, 0.25) is 0 Å². The second-order valence-corrected chi connectivity index (χ2v) is 6.67. The van der Waals surface area contributed by atoms with E-state index in [0.717, 1.165) is 22.9 Å². The van der Waals surface area contributed by atoms with Gasteiger partial charge in [0.25, 0.3) is 5.91 Å². The van der Waals surface area contributed by atoms with E-state index >= 15 is 0 Å². The average Bonchev–Trinajstić information content (AvgIpc) is 2.37. The molecule has 0 aliphatic heterocycles. The van der Waals surface area contributed by atoms with Gasteiger partial charge in [-0.25, -0.2) is 0 Å². The van der Waals surface area contributed by atoms with Crippen LogP contribution in [0.3, 0.4) is 0 Å². The molecular weight excluding hydrogens is 326 g/mol. The molecular formula is C15H19BrClNO. The first-order valence-corrected chi connectivity index (χ1v) is 7.99. The van der Waals surface area contributed by atoms with Crippen molar-refractivity contribution in [2.75, 3.05) is 6.54 Å². The van der Waals surface area contributed by atoms with Crippen molar-refractivity contribution in [2.24, 2.45) is 5.92 Å². The Morgan fingerprint density at radius 3 is 2.84 bits per heavy atom.